The number of hydrazine groups is 1. The number of aryl methyl sites for hydroxylation is 2. The SMILES string of the molecule is Cc1ccccc1CC(NN)c1scc(C)c1Cl. The van der Waals surface area contributed by atoms with Crippen LogP contribution in [-0.4, -0.2) is 0 Å². The average molecular weight is 281 g/mol. The summed E-state index contributed by atoms with van der Waals surface area (Å²) in [6.45, 7) is 4.13. The first-order valence-corrected chi connectivity index (χ1v) is 7.13. The Morgan fingerprint density at radius 2 is 2.00 bits per heavy atom. The predicted molar refractivity (Wildman–Crippen MR) is 79.0 cm³/mol. The van der Waals surface area contributed by atoms with Gasteiger partial charge in [-0.1, -0.05) is 35.9 Å². The number of benzene rings is 1. The quantitative estimate of drug-likeness (QED) is 0.661. The Balaban J connectivity index is 2.25. The fraction of sp³-hybridized carbons (Fsp3) is 0.286. The lowest BCUT2D eigenvalue weighted by Crippen LogP contribution is -2.29. The minimum atomic E-state index is 0.0669. The van der Waals surface area contributed by atoms with Crippen molar-refractivity contribution < 1.29 is 0 Å². The molecule has 0 aliphatic carbocycles. The van der Waals surface area contributed by atoms with Crippen molar-refractivity contribution in [1.29, 1.82) is 0 Å². The van der Waals surface area contributed by atoms with Gasteiger partial charge in [-0.25, -0.2) is 0 Å². The van der Waals surface area contributed by atoms with Crippen molar-refractivity contribution in [1.82, 2.24) is 5.43 Å². The van der Waals surface area contributed by atoms with E-state index in [9.17, 15) is 0 Å². The maximum atomic E-state index is 6.30. The molecule has 18 heavy (non-hydrogen) atoms. The lowest BCUT2D eigenvalue weighted by molar-refractivity contribution is 0.559. The van der Waals surface area contributed by atoms with Gasteiger partial charge < -0.3 is 0 Å². The summed E-state index contributed by atoms with van der Waals surface area (Å²) in [7, 11) is 0. The summed E-state index contributed by atoms with van der Waals surface area (Å²) in [6.07, 6.45) is 0.850. The van der Waals surface area contributed by atoms with Gasteiger partial charge in [0.15, 0.2) is 0 Å². The third kappa shape index (κ3) is 2.75. The Hall–Kier alpha value is -0.870. The van der Waals surface area contributed by atoms with E-state index in [-0.39, 0.29) is 6.04 Å². The minimum absolute atomic E-state index is 0.0669. The molecule has 3 N–H and O–H groups in total. The van der Waals surface area contributed by atoms with E-state index in [1.165, 1.54) is 11.1 Å². The van der Waals surface area contributed by atoms with Crippen LogP contribution in [0.2, 0.25) is 5.02 Å². The second-order valence-electron chi connectivity index (χ2n) is 4.45. The van der Waals surface area contributed by atoms with E-state index in [1.807, 2.05) is 13.0 Å². The largest absolute Gasteiger partial charge is 0.271 e. The van der Waals surface area contributed by atoms with Crippen LogP contribution in [0, 0.1) is 13.8 Å². The molecule has 0 spiro atoms. The first-order chi connectivity index (χ1) is 8.63. The maximum absolute atomic E-state index is 6.30. The number of hydrogen-bond donors (Lipinski definition) is 2. The maximum Gasteiger partial charge on any atom is 0.0608 e. The van der Waals surface area contributed by atoms with Gasteiger partial charge in [-0.3, -0.25) is 11.3 Å². The Morgan fingerprint density at radius 1 is 1.28 bits per heavy atom. The molecule has 96 valence electrons. The van der Waals surface area contributed by atoms with E-state index in [0.29, 0.717) is 0 Å². The van der Waals surface area contributed by atoms with Crippen LogP contribution in [0.3, 0.4) is 0 Å². The lowest BCUT2D eigenvalue weighted by atomic mass is 10.0. The molecule has 0 amide bonds. The molecule has 0 aliphatic heterocycles. The van der Waals surface area contributed by atoms with Gasteiger partial charge >= 0.3 is 0 Å². The number of thiophene rings is 1. The fourth-order valence-electron chi connectivity index (χ4n) is 1.97. The van der Waals surface area contributed by atoms with Crippen LogP contribution < -0.4 is 11.3 Å². The van der Waals surface area contributed by atoms with Crippen molar-refractivity contribution in [3.63, 3.8) is 0 Å². The highest BCUT2D eigenvalue weighted by Gasteiger charge is 2.17. The van der Waals surface area contributed by atoms with E-state index in [1.54, 1.807) is 11.3 Å². The van der Waals surface area contributed by atoms with Gasteiger partial charge in [0.1, 0.15) is 0 Å². The van der Waals surface area contributed by atoms with Crippen molar-refractivity contribution in [3.8, 4) is 0 Å². The van der Waals surface area contributed by atoms with Gasteiger partial charge in [-0.15, -0.1) is 11.3 Å². The Morgan fingerprint density at radius 3 is 2.56 bits per heavy atom. The Kier molecular flexibility index (Phi) is 4.40. The standard InChI is InChI=1S/C14H17ClN2S/c1-9-5-3-4-6-11(9)7-12(17-16)14-13(15)10(2)8-18-14/h3-6,8,12,17H,7,16H2,1-2H3. The molecule has 0 bridgehead atoms. The van der Waals surface area contributed by atoms with Crippen LogP contribution in [-0.2, 0) is 6.42 Å². The van der Waals surface area contributed by atoms with Crippen LogP contribution in [0.15, 0.2) is 29.6 Å². The highest BCUT2D eigenvalue weighted by Crippen LogP contribution is 2.33. The summed E-state index contributed by atoms with van der Waals surface area (Å²) in [5.41, 5.74) is 6.56. The van der Waals surface area contributed by atoms with E-state index in [2.05, 4.69) is 35.9 Å². The number of nitrogens with one attached hydrogen (secondary N) is 1. The third-order valence-corrected chi connectivity index (χ3v) is 4.96. The summed E-state index contributed by atoms with van der Waals surface area (Å²) < 4.78 is 0. The molecule has 1 atom stereocenters. The van der Waals surface area contributed by atoms with Gasteiger partial charge in [0.2, 0.25) is 0 Å². The molecule has 0 fully saturated rings. The average Bonchev–Trinajstić information content (AvgIpc) is 2.70. The molecule has 2 rings (SSSR count). The van der Waals surface area contributed by atoms with Crippen LogP contribution in [0.25, 0.3) is 0 Å². The first kappa shape index (κ1) is 13.6. The highest BCUT2D eigenvalue weighted by molar-refractivity contribution is 7.10. The zero-order valence-corrected chi connectivity index (χ0v) is 12.1. The van der Waals surface area contributed by atoms with Gasteiger partial charge in [-0.05, 0) is 42.3 Å². The molecule has 1 aromatic heterocycles. The molecule has 1 aromatic carbocycles. The summed E-state index contributed by atoms with van der Waals surface area (Å²) in [6, 6.07) is 8.42. The number of halogens is 1. The Labute approximate surface area is 117 Å². The number of hydrogen-bond acceptors (Lipinski definition) is 3. The fourth-order valence-corrected chi connectivity index (χ4v) is 3.36. The van der Waals surface area contributed by atoms with E-state index < -0.39 is 0 Å². The highest BCUT2D eigenvalue weighted by atomic mass is 35.5. The molecule has 0 aliphatic rings. The van der Waals surface area contributed by atoms with Crippen LogP contribution in [0.5, 0.6) is 0 Å². The smallest absolute Gasteiger partial charge is 0.0608 e. The first-order valence-electron chi connectivity index (χ1n) is 5.87. The van der Waals surface area contributed by atoms with Gasteiger partial charge in [0.05, 0.1) is 11.1 Å². The minimum Gasteiger partial charge on any atom is -0.271 e. The monoisotopic (exact) mass is 280 g/mol. The van der Waals surface area contributed by atoms with Crippen molar-refractivity contribution in [2.75, 3.05) is 0 Å². The second kappa shape index (κ2) is 5.85. The molecular formula is C14H17ClN2S. The van der Waals surface area contributed by atoms with Gasteiger partial charge in [0.25, 0.3) is 0 Å². The molecule has 0 saturated heterocycles. The third-order valence-electron chi connectivity index (χ3n) is 3.13. The molecule has 0 saturated carbocycles. The lowest BCUT2D eigenvalue weighted by Gasteiger charge is -2.16. The van der Waals surface area contributed by atoms with Crippen molar-refractivity contribution in [2.24, 2.45) is 5.84 Å². The van der Waals surface area contributed by atoms with Crippen molar-refractivity contribution in [2.45, 2.75) is 26.3 Å². The molecule has 4 heteroatoms. The van der Waals surface area contributed by atoms with E-state index >= 15 is 0 Å². The van der Waals surface area contributed by atoms with E-state index in [4.69, 9.17) is 17.4 Å². The normalized spacial score (nSPS) is 12.7. The van der Waals surface area contributed by atoms with Crippen LogP contribution in [0.1, 0.15) is 27.6 Å². The molecule has 2 nitrogen and oxygen atoms in total. The molecule has 1 heterocycles. The number of nitrogens with two attached hydrogens (primary N) is 1. The number of rotatable bonds is 4. The van der Waals surface area contributed by atoms with Crippen LogP contribution >= 0.6 is 22.9 Å². The summed E-state index contributed by atoms with van der Waals surface area (Å²) in [4.78, 5) is 1.11. The summed E-state index contributed by atoms with van der Waals surface area (Å²) >= 11 is 7.96. The van der Waals surface area contributed by atoms with Crippen molar-refractivity contribution >= 4 is 22.9 Å². The molecular weight excluding hydrogens is 264 g/mol. The van der Waals surface area contributed by atoms with Crippen molar-refractivity contribution in [3.05, 3.63) is 56.2 Å². The van der Waals surface area contributed by atoms with E-state index in [0.717, 1.165) is 21.9 Å². The molecule has 0 radical (unpaired) electrons. The van der Waals surface area contributed by atoms with Gasteiger partial charge in [-0.2, -0.15) is 0 Å². The summed E-state index contributed by atoms with van der Waals surface area (Å²) in [5, 5.41) is 2.90. The van der Waals surface area contributed by atoms with Crippen LogP contribution in [0.4, 0.5) is 0 Å². The Bertz CT molecular complexity index is 536. The predicted octanol–water partition coefficient (Wildman–Crippen LogP) is 3.77. The van der Waals surface area contributed by atoms with Gasteiger partial charge in [0, 0.05) is 4.88 Å². The molecule has 1 unspecified atom stereocenters. The second-order valence-corrected chi connectivity index (χ2v) is 5.74. The zero-order valence-electron chi connectivity index (χ0n) is 10.5. The topological polar surface area (TPSA) is 38.0 Å². The molecule has 2 aromatic rings. The zero-order chi connectivity index (χ0) is 13.1. The summed E-state index contributed by atoms with van der Waals surface area (Å²) in [5.74, 6) is 5.68.